The first kappa shape index (κ1) is 14.5. The van der Waals surface area contributed by atoms with Crippen LogP contribution in [0.5, 0.6) is 0 Å². The lowest BCUT2D eigenvalue weighted by atomic mass is 9.99. The van der Waals surface area contributed by atoms with Crippen LogP contribution in [0, 0.1) is 13.5 Å². The fourth-order valence-electron chi connectivity index (χ4n) is 2.34. The number of aryl methyl sites for hydroxylation is 1. The van der Waals surface area contributed by atoms with Crippen LogP contribution in [0.15, 0.2) is 48.5 Å². The van der Waals surface area contributed by atoms with E-state index in [0.29, 0.717) is 16.9 Å². The summed E-state index contributed by atoms with van der Waals surface area (Å²) in [5.74, 6) is -1.06. The number of aromatic nitrogens is 2. The van der Waals surface area contributed by atoms with Gasteiger partial charge in [-0.25, -0.2) is 9.64 Å². The van der Waals surface area contributed by atoms with Gasteiger partial charge in [-0.2, -0.15) is 5.10 Å². The second kappa shape index (κ2) is 5.78. The van der Waals surface area contributed by atoms with Gasteiger partial charge in [-0.05, 0) is 35.7 Å². The van der Waals surface area contributed by atoms with Crippen molar-refractivity contribution in [3.63, 3.8) is 0 Å². The molecule has 5 nitrogen and oxygen atoms in total. The molecule has 0 saturated heterocycles. The van der Waals surface area contributed by atoms with Crippen LogP contribution < -0.4 is 0 Å². The largest absolute Gasteiger partial charge is 0.477 e. The third kappa shape index (κ3) is 2.83. The van der Waals surface area contributed by atoms with Gasteiger partial charge in [0.05, 0.1) is 12.3 Å². The number of aromatic amines is 1. The van der Waals surface area contributed by atoms with Crippen molar-refractivity contribution in [2.24, 2.45) is 0 Å². The van der Waals surface area contributed by atoms with E-state index in [2.05, 4.69) is 15.0 Å². The molecule has 112 valence electrons. The van der Waals surface area contributed by atoms with Crippen LogP contribution in [0.3, 0.4) is 0 Å². The molecule has 3 rings (SSSR count). The normalized spacial score (nSPS) is 10.3. The Morgan fingerprint density at radius 1 is 1.13 bits per heavy atom. The number of nitrogens with zero attached hydrogens (tertiary/aromatic N) is 2. The monoisotopic (exact) mass is 303 g/mol. The molecule has 2 N–H and O–H groups in total. The van der Waals surface area contributed by atoms with Crippen LogP contribution in [-0.2, 0) is 0 Å². The smallest absolute Gasteiger partial charge is 0.353 e. The van der Waals surface area contributed by atoms with Gasteiger partial charge in [0.25, 0.3) is 0 Å². The summed E-state index contributed by atoms with van der Waals surface area (Å²) in [7, 11) is 0. The molecule has 2 aromatic carbocycles. The lowest BCUT2D eigenvalue weighted by molar-refractivity contribution is 0.0690. The van der Waals surface area contributed by atoms with E-state index in [-0.39, 0.29) is 5.69 Å². The highest BCUT2D eigenvalue weighted by Gasteiger charge is 2.12. The Kier molecular flexibility index (Phi) is 3.65. The zero-order valence-corrected chi connectivity index (χ0v) is 12.4. The van der Waals surface area contributed by atoms with Gasteiger partial charge in [0, 0.05) is 0 Å². The molecule has 0 aliphatic rings. The minimum absolute atomic E-state index is 0.0203. The maximum Gasteiger partial charge on any atom is 0.353 e. The van der Waals surface area contributed by atoms with Crippen molar-refractivity contribution in [2.75, 3.05) is 0 Å². The zero-order chi connectivity index (χ0) is 16.4. The van der Waals surface area contributed by atoms with Gasteiger partial charge in [0.2, 0.25) is 0 Å². The maximum atomic E-state index is 10.9. The van der Waals surface area contributed by atoms with E-state index in [4.69, 9.17) is 11.7 Å². The fourth-order valence-corrected chi connectivity index (χ4v) is 2.34. The number of rotatable bonds is 3. The number of carboxylic acid groups (broad SMARTS) is 1. The van der Waals surface area contributed by atoms with E-state index in [1.165, 1.54) is 6.07 Å². The maximum absolute atomic E-state index is 10.9. The molecule has 0 fully saturated rings. The van der Waals surface area contributed by atoms with Crippen LogP contribution in [0.1, 0.15) is 16.1 Å². The van der Waals surface area contributed by atoms with Crippen molar-refractivity contribution in [1.82, 2.24) is 10.2 Å². The van der Waals surface area contributed by atoms with Gasteiger partial charge in [-0.15, -0.1) is 0 Å². The lowest BCUT2D eigenvalue weighted by Gasteiger charge is -2.07. The predicted octanol–water partition coefficient (Wildman–Crippen LogP) is 4.30. The lowest BCUT2D eigenvalue weighted by Crippen LogP contribution is -1.95. The molecule has 1 heterocycles. The number of carboxylic acids is 1. The minimum Gasteiger partial charge on any atom is -0.477 e. The number of nitrogens with one attached hydrogen (secondary N) is 1. The molecule has 23 heavy (non-hydrogen) atoms. The number of H-pyrrole nitrogens is 1. The van der Waals surface area contributed by atoms with Gasteiger partial charge < -0.3 is 5.11 Å². The van der Waals surface area contributed by atoms with Crippen LogP contribution >= 0.6 is 0 Å². The molecule has 0 aliphatic carbocycles. The number of hydrogen-bond acceptors (Lipinski definition) is 2. The molecule has 0 unspecified atom stereocenters. The Morgan fingerprint density at radius 3 is 2.43 bits per heavy atom. The highest BCUT2D eigenvalue weighted by Crippen LogP contribution is 2.34. The van der Waals surface area contributed by atoms with Crippen LogP contribution in [-0.4, -0.2) is 21.3 Å². The molecule has 1 aromatic heterocycles. The third-order valence-electron chi connectivity index (χ3n) is 3.58. The SMILES string of the molecule is [C-]#[N+]c1cc(-c2cc(C(=O)O)[nH]n2)ccc1-c1ccc(C)cc1. The third-order valence-corrected chi connectivity index (χ3v) is 3.58. The van der Waals surface area contributed by atoms with Crippen LogP contribution in [0.2, 0.25) is 0 Å². The first-order valence-electron chi connectivity index (χ1n) is 6.96. The Hall–Kier alpha value is -3.39. The average Bonchev–Trinajstić information content (AvgIpc) is 3.05. The number of carbonyl (C=O) groups is 1. The van der Waals surface area contributed by atoms with Crippen molar-refractivity contribution in [3.05, 3.63) is 71.2 Å². The molecule has 0 bridgehead atoms. The highest BCUT2D eigenvalue weighted by atomic mass is 16.4. The molecule has 3 aromatic rings. The fraction of sp³-hybridized carbons (Fsp3) is 0.0556. The molecular formula is C18H13N3O2. The van der Waals surface area contributed by atoms with Gasteiger partial charge in [0.15, 0.2) is 5.69 Å². The number of hydrogen-bond donors (Lipinski definition) is 2. The van der Waals surface area contributed by atoms with E-state index >= 15 is 0 Å². The van der Waals surface area contributed by atoms with E-state index in [1.807, 2.05) is 43.3 Å². The van der Waals surface area contributed by atoms with Gasteiger partial charge in [-0.1, -0.05) is 42.0 Å². The van der Waals surface area contributed by atoms with E-state index in [0.717, 1.165) is 16.7 Å². The molecule has 0 spiro atoms. The van der Waals surface area contributed by atoms with E-state index in [1.54, 1.807) is 6.07 Å². The quantitative estimate of drug-likeness (QED) is 0.709. The summed E-state index contributed by atoms with van der Waals surface area (Å²) in [6.07, 6.45) is 0. The van der Waals surface area contributed by atoms with Crippen molar-refractivity contribution < 1.29 is 9.90 Å². The summed E-state index contributed by atoms with van der Waals surface area (Å²) in [4.78, 5) is 14.5. The zero-order valence-electron chi connectivity index (χ0n) is 12.4. The number of benzene rings is 2. The summed E-state index contributed by atoms with van der Waals surface area (Å²) in [5, 5.41) is 15.4. The van der Waals surface area contributed by atoms with Crippen molar-refractivity contribution in [2.45, 2.75) is 6.92 Å². The Balaban J connectivity index is 2.04. The molecule has 5 heteroatoms. The highest BCUT2D eigenvalue weighted by molar-refractivity contribution is 5.88. The first-order valence-corrected chi connectivity index (χ1v) is 6.96. The summed E-state index contributed by atoms with van der Waals surface area (Å²) >= 11 is 0. The summed E-state index contributed by atoms with van der Waals surface area (Å²) in [5.41, 5.74) is 4.71. The first-order chi connectivity index (χ1) is 11.1. The van der Waals surface area contributed by atoms with Crippen LogP contribution in [0.4, 0.5) is 5.69 Å². The average molecular weight is 303 g/mol. The summed E-state index contributed by atoms with van der Waals surface area (Å²) in [6, 6.07) is 14.9. The topological polar surface area (TPSA) is 70.3 Å². The molecule has 0 amide bonds. The predicted molar refractivity (Wildman–Crippen MR) is 87.4 cm³/mol. The molecule has 0 atom stereocenters. The molecule has 0 radical (unpaired) electrons. The Morgan fingerprint density at radius 2 is 1.83 bits per heavy atom. The van der Waals surface area contributed by atoms with E-state index < -0.39 is 5.97 Å². The van der Waals surface area contributed by atoms with Gasteiger partial charge in [-0.3, -0.25) is 5.10 Å². The summed E-state index contributed by atoms with van der Waals surface area (Å²) < 4.78 is 0. The van der Waals surface area contributed by atoms with Gasteiger partial charge >= 0.3 is 5.97 Å². The Bertz CT molecular complexity index is 918. The van der Waals surface area contributed by atoms with E-state index in [9.17, 15) is 4.79 Å². The standard InChI is InChI=1S/C18H13N3O2/c1-11-3-5-12(6-4-11)14-8-7-13(9-16(14)19-2)15-10-17(18(22)23)21-20-15/h3-10H,1H3,(H,20,21)(H,22,23). The molecular weight excluding hydrogens is 290 g/mol. The van der Waals surface area contributed by atoms with Crippen molar-refractivity contribution >= 4 is 11.7 Å². The second-order valence-electron chi connectivity index (χ2n) is 5.18. The summed E-state index contributed by atoms with van der Waals surface area (Å²) in [6.45, 7) is 9.43. The second-order valence-corrected chi connectivity index (χ2v) is 5.18. The van der Waals surface area contributed by atoms with Crippen LogP contribution in [0.25, 0.3) is 27.2 Å². The molecule has 0 aliphatic heterocycles. The molecule has 0 saturated carbocycles. The van der Waals surface area contributed by atoms with Crippen molar-refractivity contribution in [3.8, 4) is 22.4 Å². The Labute approximate surface area is 133 Å². The number of aromatic carboxylic acids is 1. The minimum atomic E-state index is -1.06. The van der Waals surface area contributed by atoms with Gasteiger partial charge in [0.1, 0.15) is 5.69 Å². The van der Waals surface area contributed by atoms with Crippen molar-refractivity contribution in [1.29, 1.82) is 0 Å².